The fourth-order valence-corrected chi connectivity index (χ4v) is 3.45. The summed E-state index contributed by atoms with van der Waals surface area (Å²) in [6.07, 6.45) is 8.45. The molecule has 1 aliphatic rings. The van der Waals surface area contributed by atoms with Gasteiger partial charge in [0.1, 0.15) is 11.6 Å². The maximum atomic E-state index is 4.56. The number of hydrogen-bond acceptors (Lipinski definition) is 7. The molecule has 2 atom stereocenters. The van der Waals surface area contributed by atoms with Gasteiger partial charge in [-0.05, 0) is 40.5 Å². The lowest BCUT2D eigenvalue weighted by Gasteiger charge is -2.24. The standard InChI is InChI=1S/C20H31N7/c1-13-9-21-15(3)19(25-13)23-11-17-7-5-6-8-18(27-17)12-24-20-16(4)22-10-14(2)26-20/h9-10,17-18,27H,5-8,11-12H2,1-4H3,(H,23,25)(H,24,26). The van der Waals surface area contributed by atoms with E-state index >= 15 is 0 Å². The Morgan fingerprint density at radius 2 is 1.26 bits per heavy atom. The summed E-state index contributed by atoms with van der Waals surface area (Å²) in [6.45, 7) is 9.65. The number of aryl methyl sites for hydroxylation is 4. The highest BCUT2D eigenvalue weighted by Gasteiger charge is 2.20. The van der Waals surface area contributed by atoms with E-state index < -0.39 is 0 Å². The number of aromatic nitrogens is 4. The van der Waals surface area contributed by atoms with Gasteiger partial charge in [0.2, 0.25) is 0 Å². The van der Waals surface area contributed by atoms with Gasteiger partial charge in [0.15, 0.2) is 0 Å². The molecule has 27 heavy (non-hydrogen) atoms. The molecule has 0 saturated carbocycles. The molecule has 2 aromatic heterocycles. The minimum Gasteiger partial charge on any atom is -0.367 e. The molecular weight excluding hydrogens is 338 g/mol. The van der Waals surface area contributed by atoms with Crippen LogP contribution in [-0.2, 0) is 0 Å². The summed E-state index contributed by atoms with van der Waals surface area (Å²) < 4.78 is 0. The number of nitrogens with zero attached hydrogens (tertiary/aromatic N) is 4. The average Bonchev–Trinajstić information content (AvgIpc) is 2.88. The third-order valence-corrected chi connectivity index (χ3v) is 5.01. The average molecular weight is 370 g/mol. The molecule has 3 heterocycles. The van der Waals surface area contributed by atoms with Gasteiger partial charge in [-0.25, -0.2) is 9.97 Å². The molecule has 0 bridgehead atoms. The number of hydrogen-bond donors (Lipinski definition) is 3. The van der Waals surface area contributed by atoms with Crippen molar-refractivity contribution in [1.29, 1.82) is 0 Å². The Hall–Kier alpha value is -2.28. The first-order valence-corrected chi connectivity index (χ1v) is 9.85. The molecule has 146 valence electrons. The van der Waals surface area contributed by atoms with Crippen LogP contribution in [0.5, 0.6) is 0 Å². The van der Waals surface area contributed by atoms with Crippen molar-refractivity contribution in [2.45, 2.75) is 65.5 Å². The van der Waals surface area contributed by atoms with Gasteiger partial charge in [-0.15, -0.1) is 0 Å². The lowest BCUT2D eigenvalue weighted by atomic mass is 10.1. The number of rotatable bonds is 6. The first kappa shape index (κ1) is 19.5. The second-order valence-corrected chi connectivity index (χ2v) is 7.50. The van der Waals surface area contributed by atoms with E-state index in [2.05, 4.69) is 35.9 Å². The third-order valence-electron chi connectivity index (χ3n) is 5.01. The Kier molecular flexibility index (Phi) is 6.55. The van der Waals surface area contributed by atoms with Crippen LogP contribution >= 0.6 is 0 Å². The van der Waals surface area contributed by atoms with Crippen molar-refractivity contribution in [2.75, 3.05) is 23.7 Å². The van der Waals surface area contributed by atoms with E-state index in [4.69, 9.17) is 0 Å². The molecule has 3 N–H and O–H groups in total. The maximum Gasteiger partial charge on any atom is 0.147 e. The molecule has 0 aliphatic carbocycles. The maximum absolute atomic E-state index is 4.56. The van der Waals surface area contributed by atoms with Crippen molar-refractivity contribution in [2.24, 2.45) is 0 Å². The third kappa shape index (κ3) is 5.60. The minimum absolute atomic E-state index is 0.422. The highest BCUT2D eigenvalue weighted by atomic mass is 15.1. The zero-order valence-electron chi connectivity index (χ0n) is 16.8. The van der Waals surface area contributed by atoms with Crippen molar-refractivity contribution < 1.29 is 0 Å². The topological polar surface area (TPSA) is 87.7 Å². The molecule has 2 aromatic rings. The predicted octanol–water partition coefficient (Wildman–Crippen LogP) is 2.93. The van der Waals surface area contributed by atoms with E-state index in [1.807, 2.05) is 40.1 Å². The molecule has 0 amide bonds. The molecule has 0 spiro atoms. The molecule has 0 radical (unpaired) electrons. The van der Waals surface area contributed by atoms with Crippen molar-refractivity contribution in [3.63, 3.8) is 0 Å². The minimum atomic E-state index is 0.422. The summed E-state index contributed by atoms with van der Waals surface area (Å²) in [5.74, 6) is 1.78. The quantitative estimate of drug-likeness (QED) is 0.721. The Bertz CT molecular complexity index is 698. The van der Waals surface area contributed by atoms with Gasteiger partial charge >= 0.3 is 0 Å². The van der Waals surface area contributed by atoms with Crippen LogP contribution in [0.1, 0.15) is 48.5 Å². The number of anilines is 2. The Labute approximate surface area is 161 Å². The van der Waals surface area contributed by atoms with Crippen LogP contribution in [0.3, 0.4) is 0 Å². The highest BCUT2D eigenvalue weighted by Crippen LogP contribution is 2.16. The van der Waals surface area contributed by atoms with Crippen LogP contribution in [-0.4, -0.2) is 45.1 Å². The fourth-order valence-electron chi connectivity index (χ4n) is 3.45. The second kappa shape index (κ2) is 9.08. The fraction of sp³-hybridized carbons (Fsp3) is 0.600. The second-order valence-electron chi connectivity index (χ2n) is 7.50. The summed E-state index contributed by atoms with van der Waals surface area (Å²) >= 11 is 0. The predicted molar refractivity (Wildman–Crippen MR) is 109 cm³/mol. The van der Waals surface area contributed by atoms with Crippen molar-refractivity contribution >= 4 is 11.6 Å². The summed E-state index contributed by atoms with van der Waals surface area (Å²) in [5, 5.41) is 10.8. The summed E-state index contributed by atoms with van der Waals surface area (Å²) in [4.78, 5) is 17.9. The van der Waals surface area contributed by atoms with Gasteiger partial charge in [-0.2, -0.15) is 0 Å². The SMILES string of the molecule is Cc1cnc(C)c(NCC2CCCCC(CNc3nc(C)cnc3C)N2)n1. The molecular formula is C20H31N7. The first-order valence-electron chi connectivity index (χ1n) is 9.85. The van der Waals surface area contributed by atoms with Crippen LogP contribution in [0.25, 0.3) is 0 Å². The number of nitrogens with one attached hydrogen (secondary N) is 3. The summed E-state index contributed by atoms with van der Waals surface area (Å²) in [7, 11) is 0. The van der Waals surface area contributed by atoms with E-state index in [1.54, 1.807) is 0 Å². The molecule has 1 saturated heterocycles. The molecule has 2 unspecified atom stereocenters. The molecule has 7 nitrogen and oxygen atoms in total. The van der Waals surface area contributed by atoms with Gasteiger partial charge in [0.05, 0.1) is 22.8 Å². The van der Waals surface area contributed by atoms with E-state index in [0.29, 0.717) is 12.1 Å². The lowest BCUT2D eigenvalue weighted by molar-refractivity contribution is 0.451. The summed E-state index contributed by atoms with van der Waals surface area (Å²) in [6, 6.07) is 0.844. The van der Waals surface area contributed by atoms with Gasteiger partial charge < -0.3 is 16.0 Å². The van der Waals surface area contributed by atoms with Crippen LogP contribution in [0.4, 0.5) is 11.6 Å². The van der Waals surface area contributed by atoms with Gasteiger partial charge in [-0.3, -0.25) is 9.97 Å². The zero-order chi connectivity index (χ0) is 19.2. The molecule has 3 rings (SSSR count). The molecule has 7 heteroatoms. The van der Waals surface area contributed by atoms with Crippen molar-refractivity contribution in [3.8, 4) is 0 Å². The van der Waals surface area contributed by atoms with Crippen LogP contribution < -0.4 is 16.0 Å². The Balaban J connectivity index is 1.55. The normalized spacial score (nSPS) is 20.1. The van der Waals surface area contributed by atoms with E-state index in [-0.39, 0.29) is 0 Å². The molecule has 0 aromatic carbocycles. The van der Waals surface area contributed by atoms with Gasteiger partial charge in [0, 0.05) is 37.6 Å². The van der Waals surface area contributed by atoms with Gasteiger partial charge in [-0.1, -0.05) is 12.8 Å². The zero-order valence-corrected chi connectivity index (χ0v) is 16.8. The van der Waals surface area contributed by atoms with E-state index in [9.17, 15) is 0 Å². The molecule has 1 aliphatic heterocycles. The Morgan fingerprint density at radius 1 is 0.815 bits per heavy atom. The van der Waals surface area contributed by atoms with E-state index in [0.717, 1.165) is 47.5 Å². The largest absolute Gasteiger partial charge is 0.367 e. The van der Waals surface area contributed by atoms with Gasteiger partial charge in [0.25, 0.3) is 0 Å². The van der Waals surface area contributed by atoms with Crippen molar-refractivity contribution in [3.05, 3.63) is 35.2 Å². The first-order chi connectivity index (χ1) is 13.0. The summed E-state index contributed by atoms with van der Waals surface area (Å²) in [5.41, 5.74) is 3.77. The van der Waals surface area contributed by atoms with Crippen LogP contribution in [0, 0.1) is 27.7 Å². The monoisotopic (exact) mass is 369 g/mol. The lowest BCUT2D eigenvalue weighted by Crippen LogP contribution is -2.44. The smallest absolute Gasteiger partial charge is 0.147 e. The van der Waals surface area contributed by atoms with Crippen LogP contribution in [0.2, 0.25) is 0 Å². The van der Waals surface area contributed by atoms with E-state index in [1.165, 1.54) is 25.7 Å². The molecule has 1 fully saturated rings. The highest BCUT2D eigenvalue weighted by molar-refractivity contribution is 5.40. The van der Waals surface area contributed by atoms with Crippen LogP contribution in [0.15, 0.2) is 12.4 Å². The van der Waals surface area contributed by atoms with Crippen molar-refractivity contribution in [1.82, 2.24) is 25.3 Å². The Morgan fingerprint density at radius 3 is 1.70 bits per heavy atom.